The molecule has 0 unspecified atom stereocenters. The SMILES string of the molecule is CCn1c(CC2CCCCC2)nnc1SCc1csc(-c2ccccc2Cl)n1. The maximum atomic E-state index is 6.30. The van der Waals surface area contributed by atoms with E-state index in [-0.39, 0.29) is 0 Å². The Labute approximate surface area is 179 Å². The summed E-state index contributed by atoms with van der Waals surface area (Å²) in [6.45, 7) is 3.09. The lowest BCUT2D eigenvalue weighted by atomic mass is 9.87. The first-order valence-corrected chi connectivity index (χ1v) is 12.2. The van der Waals surface area contributed by atoms with Crippen LogP contribution in [0.1, 0.15) is 50.5 Å². The Morgan fingerprint density at radius 1 is 1.18 bits per heavy atom. The molecule has 148 valence electrons. The third-order valence-electron chi connectivity index (χ3n) is 5.31. The maximum Gasteiger partial charge on any atom is 0.191 e. The van der Waals surface area contributed by atoms with Gasteiger partial charge in [-0.25, -0.2) is 4.98 Å². The van der Waals surface area contributed by atoms with Gasteiger partial charge in [-0.15, -0.1) is 21.5 Å². The number of thioether (sulfide) groups is 1. The predicted octanol–water partition coefficient (Wildman–Crippen LogP) is 6.49. The highest BCUT2D eigenvalue weighted by atomic mass is 35.5. The van der Waals surface area contributed by atoms with Gasteiger partial charge in [0.15, 0.2) is 5.16 Å². The number of benzene rings is 1. The van der Waals surface area contributed by atoms with Crippen molar-refractivity contribution < 1.29 is 0 Å². The molecule has 0 bridgehead atoms. The fraction of sp³-hybridized carbons (Fsp3) is 0.476. The summed E-state index contributed by atoms with van der Waals surface area (Å²) in [5, 5.41) is 13.8. The van der Waals surface area contributed by atoms with Crippen molar-refractivity contribution in [2.24, 2.45) is 5.92 Å². The first-order valence-electron chi connectivity index (χ1n) is 9.98. The highest BCUT2D eigenvalue weighted by Crippen LogP contribution is 2.32. The van der Waals surface area contributed by atoms with E-state index in [1.807, 2.05) is 24.3 Å². The standard InChI is InChI=1S/C21H25ClN4S2/c1-2-26-19(12-15-8-4-3-5-9-15)24-25-21(26)28-14-16-13-27-20(23-16)17-10-6-7-11-18(17)22/h6-7,10-11,13,15H,2-5,8-9,12,14H2,1H3. The molecule has 2 aromatic heterocycles. The second kappa shape index (κ2) is 9.42. The van der Waals surface area contributed by atoms with Gasteiger partial charge in [0.2, 0.25) is 0 Å². The number of nitrogens with zero attached hydrogens (tertiary/aromatic N) is 4. The lowest BCUT2D eigenvalue weighted by Crippen LogP contribution is -2.13. The summed E-state index contributed by atoms with van der Waals surface area (Å²) in [5.41, 5.74) is 2.06. The Kier molecular flexibility index (Phi) is 6.70. The highest BCUT2D eigenvalue weighted by molar-refractivity contribution is 7.98. The van der Waals surface area contributed by atoms with E-state index in [2.05, 4.69) is 27.1 Å². The first kappa shape index (κ1) is 19.9. The normalized spacial score (nSPS) is 15.2. The van der Waals surface area contributed by atoms with Crippen molar-refractivity contribution in [3.8, 4) is 10.6 Å². The smallest absolute Gasteiger partial charge is 0.191 e. The molecule has 4 nitrogen and oxygen atoms in total. The van der Waals surface area contributed by atoms with Crippen LogP contribution >= 0.6 is 34.7 Å². The van der Waals surface area contributed by atoms with Crippen LogP contribution < -0.4 is 0 Å². The van der Waals surface area contributed by atoms with E-state index in [4.69, 9.17) is 16.6 Å². The Bertz CT molecular complexity index is 915. The molecule has 1 fully saturated rings. The van der Waals surface area contributed by atoms with Crippen LogP contribution in [-0.4, -0.2) is 19.7 Å². The van der Waals surface area contributed by atoms with Gasteiger partial charge in [-0.3, -0.25) is 0 Å². The Morgan fingerprint density at radius 2 is 2.00 bits per heavy atom. The van der Waals surface area contributed by atoms with Crippen molar-refractivity contribution in [2.75, 3.05) is 0 Å². The minimum Gasteiger partial charge on any atom is -0.306 e. The van der Waals surface area contributed by atoms with Crippen molar-refractivity contribution in [3.63, 3.8) is 0 Å². The van der Waals surface area contributed by atoms with Gasteiger partial charge in [-0.2, -0.15) is 0 Å². The summed E-state index contributed by atoms with van der Waals surface area (Å²) < 4.78 is 2.28. The van der Waals surface area contributed by atoms with E-state index in [0.29, 0.717) is 0 Å². The molecule has 0 atom stereocenters. The topological polar surface area (TPSA) is 43.6 Å². The van der Waals surface area contributed by atoms with Gasteiger partial charge >= 0.3 is 0 Å². The molecular weight excluding hydrogens is 408 g/mol. The van der Waals surface area contributed by atoms with Gasteiger partial charge in [-0.1, -0.05) is 73.7 Å². The second-order valence-electron chi connectivity index (χ2n) is 7.26. The van der Waals surface area contributed by atoms with Gasteiger partial charge in [-0.05, 0) is 18.9 Å². The quantitative estimate of drug-likeness (QED) is 0.400. The monoisotopic (exact) mass is 432 g/mol. The number of rotatable bonds is 7. The molecule has 3 aromatic rings. The van der Waals surface area contributed by atoms with E-state index >= 15 is 0 Å². The fourth-order valence-electron chi connectivity index (χ4n) is 3.81. The molecule has 1 aromatic carbocycles. The van der Waals surface area contributed by atoms with Crippen LogP contribution in [0, 0.1) is 5.92 Å². The Balaban J connectivity index is 1.42. The molecule has 0 saturated heterocycles. The summed E-state index contributed by atoms with van der Waals surface area (Å²) in [7, 11) is 0. The summed E-state index contributed by atoms with van der Waals surface area (Å²) in [5.74, 6) is 2.72. The van der Waals surface area contributed by atoms with E-state index < -0.39 is 0 Å². The number of thiazole rings is 1. The van der Waals surface area contributed by atoms with E-state index in [1.54, 1.807) is 23.1 Å². The van der Waals surface area contributed by atoms with Crippen molar-refractivity contribution in [1.29, 1.82) is 0 Å². The number of hydrogen-bond donors (Lipinski definition) is 0. The Hall–Kier alpha value is -1.37. The zero-order chi connectivity index (χ0) is 19.3. The molecule has 1 aliphatic rings. The molecule has 0 spiro atoms. The molecule has 0 radical (unpaired) electrons. The summed E-state index contributed by atoms with van der Waals surface area (Å²) in [6, 6.07) is 7.86. The third kappa shape index (κ3) is 4.61. The maximum absolute atomic E-state index is 6.30. The van der Waals surface area contributed by atoms with E-state index in [9.17, 15) is 0 Å². The van der Waals surface area contributed by atoms with Gasteiger partial charge in [0.05, 0.1) is 10.7 Å². The summed E-state index contributed by atoms with van der Waals surface area (Å²) >= 11 is 9.66. The fourth-order valence-corrected chi connectivity index (χ4v) is 5.97. The third-order valence-corrected chi connectivity index (χ3v) is 7.57. The van der Waals surface area contributed by atoms with Crippen molar-refractivity contribution >= 4 is 34.7 Å². The predicted molar refractivity (Wildman–Crippen MR) is 118 cm³/mol. The number of aromatic nitrogens is 4. The van der Waals surface area contributed by atoms with Gasteiger partial charge in [0, 0.05) is 29.7 Å². The second-order valence-corrected chi connectivity index (χ2v) is 9.47. The largest absolute Gasteiger partial charge is 0.306 e. The molecule has 2 heterocycles. The van der Waals surface area contributed by atoms with Crippen LogP contribution in [0.2, 0.25) is 5.02 Å². The number of hydrogen-bond acceptors (Lipinski definition) is 5. The molecular formula is C21H25ClN4S2. The van der Waals surface area contributed by atoms with Crippen LogP contribution in [0.5, 0.6) is 0 Å². The van der Waals surface area contributed by atoms with Crippen LogP contribution in [0.15, 0.2) is 34.8 Å². The van der Waals surface area contributed by atoms with Crippen molar-refractivity contribution in [2.45, 2.75) is 62.9 Å². The van der Waals surface area contributed by atoms with Crippen LogP contribution in [0.25, 0.3) is 10.6 Å². The average Bonchev–Trinajstić information content (AvgIpc) is 3.34. The van der Waals surface area contributed by atoms with E-state index in [1.165, 1.54) is 32.1 Å². The zero-order valence-corrected chi connectivity index (χ0v) is 18.5. The number of halogens is 1. The van der Waals surface area contributed by atoms with Crippen molar-refractivity contribution in [1.82, 2.24) is 19.7 Å². The highest BCUT2D eigenvalue weighted by Gasteiger charge is 2.19. The Morgan fingerprint density at radius 3 is 2.79 bits per heavy atom. The van der Waals surface area contributed by atoms with E-state index in [0.717, 1.165) is 56.9 Å². The molecule has 1 saturated carbocycles. The molecule has 0 amide bonds. The minimum absolute atomic E-state index is 0.745. The summed E-state index contributed by atoms with van der Waals surface area (Å²) in [4.78, 5) is 4.77. The molecule has 1 aliphatic carbocycles. The van der Waals surface area contributed by atoms with Gasteiger partial charge in [0.1, 0.15) is 10.8 Å². The zero-order valence-electron chi connectivity index (χ0n) is 16.1. The molecule has 7 heteroatoms. The van der Waals surface area contributed by atoms with Crippen molar-refractivity contribution in [3.05, 3.63) is 46.2 Å². The lowest BCUT2D eigenvalue weighted by molar-refractivity contribution is 0.347. The summed E-state index contributed by atoms with van der Waals surface area (Å²) in [6.07, 6.45) is 7.86. The molecule has 4 rings (SSSR count). The lowest BCUT2D eigenvalue weighted by Gasteiger charge is -2.21. The minimum atomic E-state index is 0.745. The molecule has 0 aliphatic heterocycles. The van der Waals surface area contributed by atoms with Gasteiger partial charge in [0.25, 0.3) is 0 Å². The van der Waals surface area contributed by atoms with Gasteiger partial charge < -0.3 is 4.57 Å². The van der Waals surface area contributed by atoms with Crippen LogP contribution in [0.3, 0.4) is 0 Å². The van der Waals surface area contributed by atoms with Crippen LogP contribution in [-0.2, 0) is 18.7 Å². The molecule has 28 heavy (non-hydrogen) atoms. The molecule has 0 N–H and O–H groups in total. The first-order chi connectivity index (χ1) is 13.7. The average molecular weight is 433 g/mol. The van der Waals surface area contributed by atoms with Crippen LogP contribution in [0.4, 0.5) is 0 Å².